The van der Waals surface area contributed by atoms with Gasteiger partial charge in [-0.2, -0.15) is 0 Å². The second kappa shape index (κ2) is 7.39. The van der Waals surface area contributed by atoms with Crippen LogP contribution in [0.4, 0.5) is 0 Å². The first kappa shape index (κ1) is 18.9. The Bertz CT molecular complexity index is 669. The smallest absolute Gasteiger partial charge is 0.273 e. The lowest BCUT2D eigenvalue weighted by Gasteiger charge is -2.43. The molecule has 1 unspecified atom stereocenters. The molecule has 1 N–H and O–H groups in total. The minimum Gasteiger partial charge on any atom is -0.448 e. The number of nitrogens with zero attached hydrogens (tertiary/aromatic N) is 2. The first-order valence-electron chi connectivity index (χ1n) is 9.37. The van der Waals surface area contributed by atoms with Gasteiger partial charge < -0.3 is 19.4 Å². The fraction of sp³-hybridized carbons (Fsp3) is 0.737. The molecule has 0 bridgehead atoms. The molecule has 1 aromatic heterocycles. The summed E-state index contributed by atoms with van der Waals surface area (Å²) in [5.41, 5.74) is 0.411. The molecule has 3 heterocycles. The zero-order chi connectivity index (χ0) is 18.9. The highest BCUT2D eigenvalue weighted by Gasteiger charge is 2.39. The third-order valence-corrected chi connectivity index (χ3v) is 5.85. The Kier molecular flexibility index (Phi) is 5.37. The average molecular weight is 363 g/mol. The number of oxazole rings is 1. The van der Waals surface area contributed by atoms with Crippen molar-refractivity contribution in [3.8, 4) is 0 Å². The highest BCUT2D eigenvalue weighted by atomic mass is 16.5. The van der Waals surface area contributed by atoms with Crippen molar-refractivity contribution in [3.05, 3.63) is 17.8 Å². The summed E-state index contributed by atoms with van der Waals surface area (Å²) in [5, 5.41) is 2.80. The van der Waals surface area contributed by atoms with Crippen LogP contribution in [0.1, 0.15) is 50.0 Å². The maximum Gasteiger partial charge on any atom is 0.273 e. The third-order valence-electron chi connectivity index (χ3n) is 5.85. The number of hydrogen-bond acceptors (Lipinski definition) is 5. The van der Waals surface area contributed by atoms with Crippen LogP contribution in [0.25, 0.3) is 0 Å². The minimum absolute atomic E-state index is 0.115. The van der Waals surface area contributed by atoms with Crippen molar-refractivity contribution >= 4 is 11.8 Å². The topological polar surface area (TPSA) is 84.7 Å². The lowest BCUT2D eigenvalue weighted by atomic mass is 9.75. The number of ether oxygens (including phenoxy) is 1. The fourth-order valence-corrected chi connectivity index (χ4v) is 3.70. The Hall–Kier alpha value is -1.89. The molecule has 3 rings (SSSR count). The highest BCUT2D eigenvalue weighted by molar-refractivity contribution is 5.91. The van der Waals surface area contributed by atoms with Crippen molar-refractivity contribution in [1.29, 1.82) is 0 Å². The molecule has 2 amide bonds. The van der Waals surface area contributed by atoms with Crippen LogP contribution in [-0.4, -0.2) is 54.0 Å². The zero-order valence-corrected chi connectivity index (χ0v) is 16.1. The van der Waals surface area contributed by atoms with Gasteiger partial charge in [-0.25, -0.2) is 4.98 Å². The van der Waals surface area contributed by atoms with Gasteiger partial charge in [0.2, 0.25) is 5.91 Å². The molecule has 144 valence electrons. The summed E-state index contributed by atoms with van der Waals surface area (Å²) >= 11 is 0. The number of carbonyl (C=O) groups excluding carboxylic acids is 2. The maximum atomic E-state index is 12.8. The quantitative estimate of drug-likeness (QED) is 0.885. The molecule has 2 fully saturated rings. The molecule has 0 radical (unpaired) electrons. The van der Waals surface area contributed by atoms with Crippen LogP contribution in [0.15, 0.2) is 10.7 Å². The molecule has 0 saturated carbocycles. The van der Waals surface area contributed by atoms with Crippen LogP contribution >= 0.6 is 0 Å². The van der Waals surface area contributed by atoms with E-state index in [0.29, 0.717) is 31.4 Å². The lowest BCUT2D eigenvalue weighted by Crippen LogP contribution is -2.49. The second-order valence-corrected chi connectivity index (χ2v) is 8.29. The van der Waals surface area contributed by atoms with E-state index in [-0.39, 0.29) is 34.9 Å². The van der Waals surface area contributed by atoms with Gasteiger partial charge in [-0.1, -0.05) is 20.8 Å². The van der Waals surface area contributed by atoms with Crippen LogP contribution in [0.3, 0.4) is 0 Å². The largest absolute Gasteiger partial charge is 0.448 e. The lowest BCUT2D eigenvalue weighted by molar-refractivity contribution is -0.139. The van der Waals surface area contributed by atoms with Crippen molar-refractivity contribution in [1.82, 2.24) is 15.2 Å². The second-order valence-electron chi connectivity index (χ2n) is 8.29. The van der Waals surface area contributed by atoms with Gasteiger partial charge in [-0.15, -0.1) is 0 Å². The standard InChI is InChI=1S/C19H29N3O4/c1-12-5-6-22(11-19(12,3)4)18(24)14-7-15(26-9-14)8-20-17(23)16-10-25-13(2)21-16/h10,12,14-15H,5-9,11H2,1-4H3,(H,20,23)/t12?,14-,15-/m0/s1. The number of carbonyl (C=O) groups is 2. The van der Waals surface area contributed by atoms with Gasteiger partial charge >= 0.3 is 0 Å². The molecule has 2 aliphatic rings. The SMILES string of the molecule is Cc1nc(C(=O)NC[C@@H]2C[C@H](C(=O)N3CCC(C)C(C)(C)C3)CO2)co1. The van der Waals surface area contributed by atoms with Crippen molar-refractivity contribution in [2.75, 3.05) is 26.2 Å². The molecule has 0 aromatic carbocycles. The summed E-state index contributed by atoms with van der Waals surface area (Å²) in [4.78, 5) is 30.8. The van der Waals surface area contributed by atoms with E-state index in [0.717, 1.165) is 19.5 Å². The number of hydrogen-bond donors (Lipinski definition) is 1. The van der Waals surface area contributed by atoms with Gasteiger partial charge in [0.1, 0.15) is 6.26 Å². The van der Waals surface area contributed by atoms with Gasteiger partial charge in [-0.05, 0) is 24.2 Å². The van der Waals surface area contributed by atoms with Crippen LogP contribution in [0.5, 0.6) is 0 Å². The van der Waals surface area contributed by atoms with E-state index in [1.165, 1.54) is 6.26 Å². The Labute approximate surface area is 154 Å². The molecule has 7 heteroatoms. The highest BCUT2D eigenvalue weighted by Crippen LogP contribution is 2.35. The van der Waals surface area contributed by atoms with E-state index in [9.17, 15) is 9.59 Å². The van der Waals surface area contributed by atoms with Crippen LogP contribution < -0.4 is 5.32 Å². The van der Waals surface area contributed by atoms with Crippen molar-refractivity contribution in [3.63, 3.8) is 0 Å². The number of piperidine rings is 1. The summed E-state index contributed by atoms with van der Waals surface area (Å²) in [5.74, 6) is 0.861. The first-order chi connectivity index (χ1) is 12.3. The van der Waals surface area contributed by atoms with E-state index in [2.05, 4.69) is 31.1 Å². The Morgan fingerprint density at radius 2 is 2.19 bits per heavy atom. The maximum absolute atomic E-state index is 12.8. The molecular formula is C19H29N3O4. The van der Waals surface area contributed by atoms with Crippen LogP contribution in [0.2, 0.25) is 0 Å². The molecule has 3 atom stereocenters. The number of amides is 2. The van der Waals surface area contributed by atoms with Gasteiger partial charge in [-0.3, -0.25) is 9.59 Å². The summed E-state index contributed by atoms with van der Waals surface area (Å²) in [6.07, 6.45) is 2.88. The molecule has 1 aromatic rings. The van der Waals surface area contributed by atoms with E-state index >= 15 is 0 Å². The van der Waals surface area contributed by atoms with Crippen molar-refractivity contribution in [2.24, 2.45) is 17.3 Å². The number of aryl methyl sites for hydroxylation is 1. The number of aromatic nitrogens is 1. The van der Waals surface area contributed by atoms with Gasteiger partial charge in [0.15, 0.2) is 11.6 Å². The number of rotatable bonds is 4. The van der Waals surface area contributed by atoms with Gasteiger partial charge in [0.25, 0.3) is 5.91 Å². The van der Waals surface area contributed by atoms with Crippen molar-refractivity contribution < 1.29 is 18.7 Å². The van der Waals surface area contributed by atoms with E-state index in [4.69, 9.17) is 9.15 Å². The first-order valence-corrected chi connectivity index (χ1v) is 9.37. The molecule has 26 heavy (non-hydrogen) atoms. The molecule has 7 nitrogen and oxygen atoms in total. The Balaban J connectivity index is 1.47. The number of nitrogens with one attached hydrogen (secondary N) is 1. The van der Waals surface area contributed by atoms with E-state index < -0.39 is 0 Å². The number of likely N-dealkylation sites (tertiary alicyclic amines) is 1. The van der Waals surface area contributed by atoms with Gasteiger partial charge in [0.05, 0.1) is 18.6 Å². The van der Waals surface area contributed by atoms with Crippen LogP contribution in [0, 0.1) is 24.2 Å². The minimum atomic E-state index is -0.285. The fourth-order valence-electron chi connectivity index (χ4n) is 3.70. The van der Waals surface area contributed by atoms with Crippen molar-refractivity contribution in [2.45, 2.75) is 46.6 Å². The zero-order valence-electron chi connectivity index (χ0n) is 16.1. The normalized spacial score (nSPS) is 28.2. The average Bonchev–Trinajstić information content (AvgIpc) is 3.23. The predicted octanol–water partition coefficient (Wildman–Crippen LogP) is 2.01. The molecule has 2 saturated heterocycles. The van der Waals surface area contributed by atoms with Gasteiger partial charge in [0, 0.05) is 26.6 Å². The van der Waals surface area contributed by atoms with E-state index in [1.54, 1.807) is 6.92 Å². The summed E-state index contributed by atoms with van der Waals surface area (Å²) in [6.45, 7) is 10.8. The summed E-state index contributed by atoms with van der Waals surface area (Å²) in [7, 11) is 0. The van der Waals surface area contributed by atoms with Crippen LogP contribution in [-0.2, 0) is 9.53 Å². The van der Waals surface area contributed by atoms with E-state index in [1.807, 2.05) is 4.90 Å². The molecule has 2 aliphatic heterocycles. The Morgan fingerprint density at radius 1 is 1.42 bits per heavy atom. The molecule has 0 aliphatic carbocycles. The monoisotopic (exact) mass is 363 g/mol. The predicted molar refractivity (Wildman–Crippen MR) is 95.6 cm³/mol. The summed E-state index contributed by atoms with van der Waals surface area (Å²) in [6, 6.07) is 0. The third kappa shape index (κ3) is 4.09. The molecule has 0 spiro atoms. The summed E-state index contributed by atoms with van der Waals surface area (Å²) < 4.78 is 10.8. The molecular weight excluding hydrogens is 334 g/mol. The Morgan fingerprint density at radius 3 is 2.85 bits per heavy atom.